The second-order valence-electron chi connectivity index (χ2n) is 4.59. The fraction of sp³-hybridized carbons (Fsp3) is 0.385. The molecule has 2 aromatic rings. The van der Waals surface area contributed by atoms with Gasteiger partial charge in [0.05, 0.1) is 5.52 Å². The highest BCUT2D eigenvalue weighted by Gasteiger charge is 2.13. The smallest absolute Gasteiger partial charge is 0.137 e. The van der Waals surface area contributed by atoms with Crippen LogP contribution >= 0.6 is 0 Å². The molecule has 1 heterocycles. The lowest BCUT2D eigenvalue weighted by Gasteiger charge is -2.20. The van der Waals surface area contributed by atoms with Crippen LogP contribution in [0.15, 0.2) is 24.5 Å². The summed E-state index contributed by atoms with van der Waals surface area (Å²) >= 11 is 0. The normalized spacial score (nSPS) is 14.4. The van der Waals surface area contributed by atoms with Crippen LogP contribution in [0.2, 0.25) is 0 Å². The monoisotopic (exact) mass is 246 g/mol. The van der Waals surface area contributed by atoms with E-state index >= 15 is 0 Å². The molecule has 1 aromatic carbocycles. The highest BCUT2D eigenvalue weighted by molar-refractivity contribution is 5.91. The van der Waals surface area contributed by atoms with Gasteiger partial charge in [0.25, 0.3) is 0 Å². The Bertz CT molecular complexity index is 544. The molecule has 18 heavy (non-hydrogen) atoms. The van der Waals surface area contributed by atoms with Gasteiger partial charge in [-0.15, -0.1) is 0 Å². The van der Waals surface area contributed by atoms with Crippen molar-refractivity contribution >= 4 is 22.4 Å². The highest BCUT2D eigenvalue weighted by atomic mass is 16.3. The van der Waals surface area contributed by atoms with Crippen LogP contribution < -0.4 is 11.1 Å². The number of benzene rings is 1. The predicted octanol–water partition coefficient (Wildman–Crippen LogP) is 1.64. The number of aliphatic hydroxyl groups excluding tert-OH is 1. The molecule has 5 heteroatoms. The Morgan fingerprint density at radius 1 is 1.33 bits per heavy atom. The van der Waals surface area contributed by atoms with Gasteiger partial charge in [-0.1, -0.05) is 6.92 Å². The van der Waals surface area contributed by atoms with Crippen molar-refractivity contribution in [2.45, 2.75) is 19.9 Å². The number of nitrogens with two attached hydrogens (primary N) is 1. The third-order valence-corrected chi connectivity index (χ3v) is 3.17. The molecule has 0 saturated carbocycles. The van der Waals surface area contributed by atoms with Crippen molar-refractivity contribution in [2.24, 2.45) is 5.92 Å². The number of nitrogens with one attached hydrogen (secondary N) is 1. The van der Waals surface area contributed by atoms with Gasteiger partial charge in [0, 0.05) is 23.7 Å². The maximum Gasteiger partial charge on any atom is 0.137 e. The number of hydrogen-bond donors (Lipinski definition) is 3. The van der Waals surface area contributed by atoms with E-state index in [0.29, 0.717) is 5.69 Å². The van der Waals surface area contributed by atoms with Gasteiger partial charge < -0.3 is 16.2 Å². The molecule has 96 valence electrons. The van der Waals surface area contributed by atoms with Crippen LogP contribution in [0.3, 0.4) is 0 Å². The average molecular weight is 246 g/mol. The summed E-state index contributed by atoms with van der Waals surface area (Å²) in [6.07, 6.45) is 1.52. The van der Waals surface area contributed by atoms with Crippen molar-refractivity contribution in [1.29, 1.82) is 0 Å². The van der Waals surface area contributed by atoms with E-state index in [9.17, 15) is 0 Å². The Hall–Kier alpha value is -1.88. The van der Waals surface area contributed by atoms with Crippen molar-refractivity contribution in [3.05, 3.63) is 24.5 Å². The van der Waals surface area contributed by atoms with Gasteiger partial charge in [-0.05, 0) is 31.0 Å². The molecule has 0 radical (unpaired) electrons. The van der Waals surface area contributed by atoms with Crippen molar-refractivity contribution in [3.63, 3.8) is 0 Å². The lowest BCUT2D eigenvalue weighted by molar-refractivity contribution is 0.226. The minimum atomic E-state index is 0.120. The second kappa shape index (κ2) is 5.18. The summed E-state index contributed by atoms with van der Waals surface area (Å²) in [7, 11) is 0. The molecule has 0 aliphatic carbocycles. The quantitative estimate of drug-likeness (QED) is 0.714. The van der Waals surface area contributed by atoms with Gasteiger partial charge in [0.2, 0.25) is 0 Å². The standard InChI is InChI=1S/C13H18N4O/c1-8(6-18)9(2)17-13-11-5-10(14)3-4-12(11)15-7-16-13/h3-5,7-9,18H,6,14H2,1-2H3,(H,15,16,17). The first kappa shape index (κ1) is 12.6. The fourth-order valence-corrected chi connectivity index (χ4v) is 1.71. The van der Waals surface area contributed by atoms with Gasteiger partial charge in [-0.3, -0.25) is 0 Å². The molecule has 2 atom stereocenters. The Balaban J connectivity index is 2.35. The lowest BCUT2D eigenvalue weighted by Crippen LogP contribution is -2.26. The summed E-state index contributed by atoms with van der Waals surface area (Å²) in [5.41, 5.74) is 7.32. The molecular weight excluding hydrogens is 228 g/mol. The summed E-state index contributed by atoms with van der Waals surface area (Å²) in [6, 6.07) is 5.67. The second-order valence-corrected chi connectivity index (χ2v) is 4.59. The first-order valence-electron chi connectivity index (χ1n) is 5.99. The average Bonchev–Trinajstić information content (AvgIpc) is 2.38. The molecule has 0 aliphatic heterocycles. The molecule has 0 amide bonds. The van der Waals surface area contributed by atoms with Gasteiger partial charge in [0.1, 0.15) is 12.1 Å². The van der Waals surface area contributed by atoms with E-state index in [4.69, 9.17) is 10.8 Å². The summed E-state index contributed by atoms with van der Waals surface area (Å²) < 4.78 is 0. The van der Waals surface area contributed by atoms with Crippen molar-refractivity contribution in [2.75, 3.05) is 17.7 Å². The van der Waals surface area contributed by atoms with E-state index < -0.39 is 0 Å². The van der Waals surface area contributed by atoms with Gasteiger partial charge in [-0.2, -0.15) is 0 Å². The number of aliphatic hydroxyl groups is 1. The predicted molar refractivity (Wildman–Crippen MR) is 73.3 cm³/mol. The van der Waals surface area contributed by atoms with Gasteiger partial charge >= 0.3 is 0 Å². The van der Waals surface area contributed by atoms with E-state index in [1.165, 1.54) is 6.33 Å². The van der Waals surface area contributed by atoms with Crippen molar-refractivity contribution in [3.8, 4) is 0 Å². The molecule has 2 unspecified atom stereocenters. The van der Waals surface area contributed by atoms with Crippen LogP contribution in [0, 0.1) is 5.92 Å². The maximum atomic E-state index is 9.15. The zero-order valence-electron chi connectivity index (χ0n) is 10.6. The SMILES string of the molecule is CC(CO)C(C)Nc1ncnc2ccc(N)cc12. The third kappa shape index (κ3) is 2.51. The van der Waals surface area contributed by atoms with E-state index in [1.54, 1.807) is 0 Å². The number of rotatable bonds is 4. The van der Waals surface area contributed by atoms with Crippen LogP contribution in [-0.4, -0.2) is 27.7 Å². The summed E-state index contributed by atoms with van der Waals surface area (Å²) in [5.74, 6) is 0.899. The number of hydrogen-bond acceptors (Lipinski definition) is 5. The number of fused-ring (bicyclic) bond motifs is 1. The Morgan fingerprint density at radius 2 is 2.11 bits per heavy atom. The van der Waals surface area contributed by atoms with Crippen molar-refractivity contribution in [1.82, 2.24) is 9.97 Å². The molecule has 2 rings (SSSR count). The van der Waals surface area contributed by atoms with E-state index in [2.05, 4.69) is 15.3 Å². The van der Waals surface area contributed by atoms with Gasteiger partial charge in [-0.25, -0.2) is 9.97 Å². The number of aromatic nitrogens is 2. The molecule has 0 bridgehead atoms. The summed E-state index contributed by atoms with van der Waals surface area (Å²) in [5, 5.41) is 13.3. The maximum absolute atomic E-state index is 9.15. The first-order valence-corrected chi connectivity index (χ1v) is 5.99. The Labute approximate surface area is 106 Å². The molecule has 1 aromatic heterocycles. The van der Waals surface area contributed by atoms with Crippen molar-refractivity contribution < 1.29 is 5.11 Å². The van der Waals surface area contributed by atoms with E-state index in [1.807, 2.05) is 32.0 Å². The van der Waals surface area contributed by atoms with E-state index in [-0.39, 0.29) is 18.6 Å². The molecule has 0 aliphatic rings. The number of anilines is 2. The fourth-order valence-electron chi connectivity index (χ4n) is 1.71. The van der Waals surface area contributed by atoms with Crippen LogP contribution in [-0.2, 0) is 0 Å². The Morgan fingerprint density at radius 3 is 2.83 bits per heavy atom. The summed E-state index contributed by atoms with van der Waals surface area (Å²) in [4.78, 5) is 8.44. The van der Waals surface area contributed by atoms with E-state index in [0.717, 1.165) is 16.7 Å². The zero-order valence-corrected chi connectivity index (χ0v) is 10.6. The molecule has 4 N–H and O–H groups in total. The highest BCUT2D eigenvalue weighted by Crippen LogP contribution is 2.23. The molecule has 0 saturated heterocycles. The minimum Gasteiger partial charge on any atom is -0.399 e. The lowest BCUT2D eigenvalue weighted by atomic mass is 10.1. The minimum absolute atomic E-state index is 0.120. The van der Waals surface area contributed by atoms with Crippen LogP contribution in [0.1, 0.15) is 13.8 Å². The molecular formula is C13H18N4O. The molecule has 5 nitrogen and oxygen atoms in total. The summed E-state index contributed by atoms with van der Waals surface area (Å²) in [6.45, 7) is 4.13. The first-order chi connectivity index (χ1) is 8.61. The zero-order chi connectivity index (χ0) is 13.1. The molecule has 0 fully saturated rings. The third-order valence-electron chi connectivity index (χ3n) is 3.17. The Kier molecular flexibility index (Phi) is 3.62. The number of nitrogen functional groups attached to an aromatic ring is 1. The van der Waals surface area contributed by atoms with Crippen LogP contribution in [0.5, 0.6) is 0 Å². The number of nitrogens with zero attached hydrogens (tertiary/aromatic N) is 2. The van der Waals surface area contributed by atoms with Crippen LogP contribution in [0.4, 0.5) is 11.5 Å². The molecule has 0 spiro atoms. The van der Waals surface area contributed by atoms with Crippen LogP contribution in [0.25, 0.3) is 10.9 Å². The largest absolute Gasteiger partial charge is 0.399 e. The van der Waals surface area contributed by atoms with Gasteiger partial charge in [0.15, 0.2) is 0 Å². The topological polar surface area (TPSA) is 84.1 Å².